The summed E-state index contributed by atoms with van der Waals surface area (Å²) in [5.41, 5.74) is 4.19. The third-order valence-corrected chi connectivity index (χ3v) is 4.95. The van der Waals surface area contributed by atoms with E-state index >= 15 is 0 Å². The van der Waals surface area contributed by atoms with Gasteiger partial charge in [-0.25, -0.2) is 0 Å². The van der Waals surface area contributed by atoms with E-state index in [0.717, 1.165) is 36.2 Å². The molecule has 2 aromatic carbocycles. The summed E-state index contributed by atoms with van der Waals surface area (Å²) in [4.78, 5) is 26.6. The lowest BCUT2D eigenvalue weighted by atomic mass is 9.96. The van der Waals surface area contributed by atoms with Gasteiger partial charge < -0.3 is 10.2 Å². The average molecular weight is 362 g/mol. The number of likely N-dealkylation sites (tertiary alicyclic amines) is 1. The smallest absolute Gasteiger partial charge is 0.229 e. The van der Waals surface area contributed by atoms with Crippen LogP contribution in [0.4, 0.5) is 5.69 Å². The molecule has 1 saturated heterocycles. The highest BCUT2D eigenvalue weighted by molar-refractivity contribution is 5.94. The number of anilines is 1. The van der Waals surface area contributed by atoms with Crippen LogP contribution in [0.3, 0.4) is 0 Å². The third kappa shape index (κ3) is 4.85. The summed E-state index contributed by atoms with van der Waals surface area (Å²) in [6.45, 7) is 6.89. The number of carbonyl (C=O) groups is 2. The number of benzene rings is 2. The number of rotatable bonds is 5. The molecule has 1 aliphatic rings. The fourth-order valence-corrected chi connectivity index (χ4v) is 3.52. The first-order chi connectivity index (χ1) is 13.1. The van der Waals surface area contributed by atoms with Gasteiger partial charge in [-0.05, 0) is 43.0 Å². The molecule has 1 aliphatic heterocycles. The first kappa shape index (κ1) is 18.9. The first-order valence-corrected chi connectivity index (χ1v) is 9.43. The molecule has 0 bridgehead atoms. The molecule has 0 aromatic heterocycles. The van der Waals surface area contributed by atoms with Crippen molar-refractivity contribution in [2.45, 2.75) is 26.2 Å². The monoisotopic (exact) mass is 362 g/mol. The summed E-state index contributed by atoms with van der Waals surface area (Å²) >= 11 is 0. The van der Waals surface area contributed by atoms with Crippen molar-refractivity contribution in [1.82, 2.24) is 4.90 Å². The quantitative estimate of drug-likeness (QED) is 0.801. The van der Waals surface area contributed by atoms with E-state index in [9.17, 15) is 9.59 Å². The van der Waals surface area contributed by atoms with Gasteiger partial charge in [0.15, 0.2) is 0 Å². The molecule has 1 N–H and O–H groups in total. The summed E-state index contributed by atoms with van der Waals surface area (Å²) < 4.78 is 0. The van der Waals surface area contributed by atoms with E-state index in [0.29, 0.717) is 13.0 Å². The normalized spacial score (nSPS) is 16.6. The minimum Gasteiger partial charge on any atom is -0.342 e. The van der Waals surface area contributed by atoms with Gasteiger partial charge in [0, 0.05) is 25.2 Å². The van der Waals surface area contributed by atoms with Crippen molar-refractivity contribution in [2.24, 2.45) is 5.92 Å². The highest BCUT2D eigenvalue weighted by atomic mass is 16.2. The van der Waals surface area contributed by atoms with Gasteiger partial charge in [-0.15, -0.1) is 6.58 Å². The van der Waals surface area contributed by atoms with E-state index in [1.165, 1.54) is 5.56 Å². The number of amides is 2. The average Bonchev–Trinajstić information content (AvgIpc) is 2.68. The predicted molar refractivity (Wildman–Crippen MR) is 109 cm³/mol. The Balaban J connectivity index is 1.68. The van der Waals surface area contributed by atoms with Crippen LogP contribution in [0.25, 0.3) is 11.1 Å². The summed E-state index contributed by atoms with van der Waals surface area (Å²) in [6, 6.07) is 16.2. The molecule has 1 fully saturated rings. The van der Waals surface area contributed by atoms with Crippen LogP contribution >= 0.6 is 0 Å². The lowest BCUT2D eigenvalue weighted by Crippen LogP contribution is -2.43. The summed E-state index contributed by atoms with van der Waals surface area (Å²) in [6.07, 6.45) is 3.60. The topological polar surface area (TPSA) is 49.4 Å². The number of nitrogens with one attached hydrogen (secondary N) is 1. The van der Waals surface area contributed by atoms with E-state index < -0.39 is 0 Å². The molecule has 1 atom stereocenters. The van der Waals surface area contributed by atoms with Crippen molar-refractivity contribution < 1.29 is 9.59 Å². The lowest BCUT2D eigenvalue weighted by molar-refractivity contribution is -0.133. The van der Waals surface area contributed by atoms with Gasteiger partial charge in [0.05, 0.1) is 5.92 Å². The van der Waals surface area contributed by atoms with Crippen LogP contribution in [0, 0.1) is 12.8 Å². The molecule has 1 unspecified atom stereocenters. The van der Waals surface area contributed by atoms with Gasteiger partial charge >= 0.3 is 0 Å². The minimum absolute atomic E-state index is 0.0208. The fourth-order valence-electron chi connectivity index (χ4n) is 3.52. The van der Waals surface area contributed by atoms with Gasteiger partial charge in [0.2, 0.25) is 11.8 Å². The van der Waals surface area contributed by atoms with Gasteiger partial charge in [-0.2, -0.15) is 0 Å². The Morgan fingerprint density at radius 1 is 1.19 bits per heavy atom. The van der Waals surface area contributed by atoms with Gasteiger partial charge in [-0.1, -0.05) is 48.0 Å². The van der Waals surface area contributed by atoms with Crippen LogP contribution in [0.5, 0.6) is 0 Å². The molecule has 3 rings (SSSR count). The highest BCUT2D eigenvalue weighted by Crippen LogP contribution is 2.25. The highest BCUT2D eigenvalue weighted by Gasteiger charge is 2.27. The standard InChI is InChI=1S/C23H26N2O2/c1-3-7-22(26)25-13-6-11-20(16-25)23(27)24-21-12-5-10-19(15-21)18-9-4-8-17(2)14-18/h3-5,8-10,12,14-15,20H,1,6-7,11,13,16H2,2H3,(H,24,27). The maximum atomic E-state index is 12.7. The van der Waals surface area contributed by atoms with Gasteiger partial charge in [0.25, 0.3) is 0 Å². The SMILES string of the molecule is C=CCC(=O)N1CCCC(C(=O)Nc2cccc(-c3cccc(C)c3)c2)C1. The number of nitrogens with zero attached hydrogens (tertiary/aromatic N) is 1. The van der Waals surface area contributed by atoms with Crippen LogP contribution in [-0.2, 0) is 9.59 Å². The van der Waals surface area contributed by atoms with E-state index in [1.807, 2.05) is 30.3 Å². The molecule has 0 saturated carbocycles. The summed E-state index contributed by atoms with van der Waals surface area (Å²) in [5, 5.41) is 3.03. The molecule has 140 valence electrons. The molecule has 4 nitrogen and oxygen atoms in total. The Bertz CT molecular complexity index is 844. The van der Waals surface area contributed by atoms with Crippen molar-refractivity contribution in [3.63, 3.8) is 0 Å². The number of piperidine rings is 1. The van der Waals surface area contributed by atoms with Crippen LogP contribution in [-0.4, -0.2) is 29.8 Å². The second-order valence-corrected chi connectivity index (χ2v) is 7.11. The second kappa shape index (κ2) is 8.67. The van der Waals surface area contributed by atoms with E-state index in [2.05, 4.69) is 37.0 Å². The van der Waals surface area contributed by atoms with Crippen molar-refractivity contribution in [3.8, 4) is 11.1 Å². The molecule has 4 heteroatoms. The lowest BCUT2D eigenvalue weighted by Gasteiger charge is -2.32. The number of aryl methyl sites for hydroxylation is 1. The zero-order valence-corrected chi connectivity index (χ0v) is 15.8. The molecule has 27 heavy (non-hydrogen) atoms. The Morgan fingerprint density at radius 2 is 1.93 bits per heavy atom. The molecule has 2 amide bonds. The minimum atomic E-state index is -0.171. The molecule has 0 aliphatic carbocycles. The van der Waals surface area contributed by atoms with E-state index in [1.54, 1.807) is 11.0 Å². The van der Waals surface area contributed by atoms with Crippen LogP contribution in [0.15, 0.2) is 61.2 Å². The number of hydrogen-bond acceptors (Lipinski definition) is 2. The Labute approximate surface area is 160 Å². The largest absolute Gasteiger partial charge is 0.342 e. The zero-order chi connectivity index (χ0) is 19.2. The Kier molecular flexibility index (Phi) is 6.07. The summed E-state index contributed by atoms with van der Waals surface area (Å²) in [7, 11) is 0. The van der Waals surface area contributed by atoms with Crippen LogP contribution in [0.2, 0.25) is 0 Å². The molecule has 0 spiro atoms. The molecule has 1 heterocycles. The second-order valence-electron chi connectivity index (χ2n) is 7.11. The predicted octanol–water partition coefficient (Wildman–Crippen LogP) is 4.42. The zero-order valence-electron chi connectivity index (χ0n) is 15.8. The van der Waals surface area contributed by atoms with E-state index in [4.69, 9.17) is 0 Å². The molecular formula is C23H26N2O2. The van der Waals surface area contributed by atoms with Crippen molar-refractivity contribution in [1.29, 1.82) is 0 Å². The number of carbonyl (C=O) groups excluding carboxylic acids is 2. The molecular weight excluding hydrogens is 336 g/mol. The third-order valence-electron chi connectivity index (χ3n) is 4.95. The maximum Gasteiger partial charge on any atom is 0.229 e. The number of hydrogen-bond donors (Lipinski definition) is 1. The summed E-state index contributed by atoms with van der Waals surface area (Å²) in [5.74, 6) is -0.147. The first-order valence-electron chi connectivity index (χ1n) is 9.43. The maximum absolute atomic E-state index is 12.7. The Hall–Kier alpha value is -2.88. The van der Waals surface area contributed by atoms with Gasteiger partial charge in [-0.3, -0.25) is 9.59 Å². The van der Waals surface area contributed by atoms with Gasteiger partial charge in [0.1, 0.15) is 0 Å². The van der Waals surface area contributed by atoms with Crippen LogP contribution < -0.4 is 5.32 Å². The Morgan fingerprint density at radius 3 is 2.67 bits per heavy atom. The molecule has 0 radical (unpaired) electrons. The molecule has 2 aromatic rings. The van der Waals surface area contributed by atoms with Crippen molar-refractivity contribution in [2.75, 3.05) is 18.4 Å². The van der Waals surface area contributed by atoms with Crippen molar-refractivity contribution in [3.05, 3.63) is 66.7 Å². The fraction of sp³-hybridized carbons (Fsp3) is 0.304. The van der Waals surface area contributed by atoms with Crippen molar-refractivity contribution >= 4 is 17.5 Å². The van der Waals surface area contributed by atoms with E-state index in [-0.39, 0.29) is 17.7 Å². The van der Waals surface area contributed by atoms with Crippen LogP contribution in [0.1, 0.15) is 24.8 Å².